The van der Waals surface area contributed by atoms with E-state index < -0.39 is 0 Å². The van der Waals surface area contributed by atoms with Crippen molar-refractivity contribution in [2.24, 2.45) is 5.92 Å². The molecule has 1 amide bonds. The van der Waals surface area contributed by atoms with Crippen molar-refractivity contribution in [3.05, 3.63) is 33.0 Å². The summed E-state index contributed by atoms with van der Waals surface area (Å²) in [6.07, 6.45) is 6.87. The minimum absolute atomic E-state index is 0.0229. The molecule has 6 nitrogen and oxygen atoms in total. The minimum atomic E-state index is 0.0229. The normalized spacial score (nSPS) is 19.9. The summed E-state index contributed by atoms with van der Waals surface area (Å²) in [5.41, 5.74) is 6.13. The molecule has 0 bridgehead atoms. The van der Waals surface area contributed by atoms with Gasteiger partial charge in [-0.05, 0) is 38.5 Å². The maximum absolute atomic E-state index is 12.8. The summed E-state index contributed by atoms with van der Waals surface area (Å²) in [4.78, 5) is 21.0. The molecule has 1 N–H and O–H groups in total. The van der Waals surface area contributed by atoms with Gasteiger partial charge in [0.15, 0.2) is 5.69 Å². The van der Waals surface area contributed by atoms with Crippen molar-refractivity contribution < 1.29 is 4.79 Å². The maximum Gasteiger partial charge on any atom is 0.272 e. The third-order valence-corrected chi connectivity index (χ3v) is 6.94. The fourth-order valence-corrected chi connectivity index (χ4v) is 4.76. The van der Waals surface area contributed by atoms with Crippen molar-refractivity contribution in [3.63, 3.8) is 0 Å². The molecule has 3 aliphatic rings. The molecule has 2 aromatic rings. The summed E-state index contributed by atoms with van der Waals surface area (Å²) in [5, 5.41) is 7.93. The Balaban J connectivity index is 1.38. The van der Waals surface area contributed by atoms with Crippen molar-refractivity contribution in [3.8, 4) is 0 Å². The van der Waals surface area contributed by atoms with Gasteiger partial charge in [0.05, 0.1) is 11.2 Å². The van der Waals surface area contributed by atoms with Crippen LogP contribution in [-0.4, -0.2) is 44.7 Å². The lowest BCUT2D eigenvalue weighted by Crippen LogP contribution is -2.34. The number of nitrogens with zero attached hydrogens (tertiary/aromatic N) is 4. The number of hydrogen-bond acceptors (Lipinski definition) is 5. The lowest BCUT2D eigenvalue weighted by atomic mass is 10.0. The number of aryl methyl sites for hydroxylation is 3. The highest BCUT2D eigenvalue weighted by Crippen LogP contribution is 2.32. The van der Waals surface area contributed by atoms with E-state index >= 15 is 0 Å². The number of fused-ring (bicyclic) bond motifs is 1. The van der Waals surface area contributed by atoms with Gasteiger partial charge in [0.25, 0.3) is 5.91 Å². The molecule has 2 saturated carbocycles. The first-order chi connectivity index (χ1) is 13.2. The quantitative estimate of drug-likeness (QED) is 0.796. The molecule has 2 fully saturated rings. The Kier molecular flexibility index (Phi) is 4.52. The van der Waals surface area contributed by atoms with Gasteiger partial charge in [-0.2, -0.15) is 5.10 Å². The summed E-state index contributed by atoms with van der Waals surface area (Å²) < 4.78 is 2.10. The number of carbonyl (C=O) groups excluding carboxylic acids is 1. The number of rotatable bonds is 7. The minimum Gasteiger partial charge on any atom is -0.348 e. The summed E-state index contributed by atoms with van der Waals surface area (Å²) in [6, 6.07) is 0.365. The van der Waals surface area contributed by atoms with Crippen LogP contribution in [0.1, 0.15) is 58.0 Å². The average Bonchev–Trinajstić information content (AvgIpc) is 3.57. The zero-order chi connectivity index (χ0) is 18.4. The van der Waals surface area contributed by atoms with E-state index in [1.54, 1.807) is 11.3 Å². The van der Waals surface area contributed by atoms with Gasteiger partial charge < -0.3 is 5.32 Å². The number of aromatic nitrogens is 3. The average molecular weight is 386 g/mol. The van der Waals surface area contributed by atoms with Crippen molar-refractivity contribution in [2.45, 2.75) is 64.6 Å². The third kappa shape index (κ3) is 3.80. The first-order valence-corrected chi connectivity index (χ1v) is 11.1. The Morgan fingerprint density at radius 3 is 2.89 bits per heavy atom. The summed E-state index contributed by atoms with van der Waals surface area (Å²) in [7, 11) is 0. The fourth-order valence-electron chi connectivity index (χ4n) is 3.99. The standard InChI is InChI=1S/C20H27N5OS/c1-13-18(27-12-21-13)7-9-25-17-6-8-24(10-14-2-3-14)11-16(17)19(23-25)20(26)22-15-4-5-15/h12,14-15H,2-11H2,1H3,(H,22,26). The number of thiazole rings is 1. The number of hydrogen-bond donors (Lipinski definition) is 1. The predicted octanol–water partition coefficient (Wildman–Crippen LogP) is 2.55. The molecule has 3 heterocycles. The topological polar surface area (TPSA) is 63.1 Å². The van der Waals surface area contributed by atoms with Crippen LogP contribution in [0.25, 0.3) is 0 Å². The molecule has 144 valence electrons. The van der Waals surface area contributed by atoms with E-state index in [9.17, 15) is 4.79 Å². The molecule has 0 unspecified atom stereocenters. The SMILES string of the molecule is Cc1ncsc1CCn1nc(C(=O)NC2CC2)c2c1CCN(CC1CC1)C2. The summed E-state index contributed by atoms with van der Waals surface area (Å²) in [5.74, 6) is 0.898. The van der Waals surface area contributed by atoms with E-state index in [0.29, 0.717) is 11.7 Å². The van der Waals surface area contributed by atoms with Gasteiger partial charge in [-0.3, -0.25) is 14.4 Å². The van der Waals surface area contributed by atoms with E-state index in [-0.39, 0.29) is 5.91 Å². The molecule has 2 aliphatic carbocycles. The van der Waals surface area contributed by atoms with Crippen LogP contribution in [0.15, 0.2) is 5.51 Å². The maximum atomic E-state index is 12.8. The van der Waals surface area contributed by atoms with Gasteiger partial charge in [-0.15, -0.1) is 11.3 Å². The highest BCUT2D eigenvalue weighted by Gasteiger charge is 2.33. The van der Waals surface area contributed by atoms with Gasteiger partial charge in [-0.1, -0.05) is 0 Å². The van der Waals surface area contributed by atoms with Gasteiger partial charge in [-0.25, -0.2) is 4.98 Å². The Morgan fingerprint density at radius 2 is 2.19 bits per heavy atom. The Hall–Kier alpha value is -1.73. The van der Waals surface area contributed by atoms with Gasteiger partial charge in [0.1, 0.15) is 0 Å². The van der Waals surface area contributed by atoms with Gasteiger partial charge in [0.2, 0.25) is 0 Å². The molecule has 0 radical (unpaired) electrons. The molecule has 27 heavy (non-hydrogen) atoms. The van der Waals surface area contributed by atoms with Crippen molar-refractivity contribution in [2.75, 3.05) is 13.1 Å². The molecule has 1 aliphatic heterocycles. The number of amides is 1. The second kappa shape index (κ2) is 7.02. The molecule has 0 saturated heterocycles. The fraction of sp³-hybridized carbons (Fsp3) is 0.650. The molecule has 0 aromatic carbocycles. The van der Waals surface area contributed by atoms with Crippen LogP contribution < -0.4 is 5.32 Å². The highest BCUT2D eigenvalue weighted by molar-refractivity contribution is 7.09. The summed E-state index contributed by atoms with van der Waals surface area (Å²) >= 11 is 1.71. The Labute approximate surface area is 164 Å². The number of carbonyl (C=O) groups is 1. The van der Waals surface area contributed by atoms with Crippen molar-refractivity contribution >= 4 is 17.2 Å². The predicted molar refractivity (Wildman–Crippen MR) is 105 cm³/mol. The van der Waals surface area contributed by atoms with Gasteiger partial charge >= 0.3 is 0 Å². The van der Waals surface area contributed by atoms with E-state index in [0.717, 1.165) is 56.9 Å². The van der Waals surface area contributed by atoms with E-state index in [1.165, 1.54) is 35.5 Å². The second-order valence-electron chi connectivity index (χ2n) is 8.28. The summed E-state index contributed by atoms with van der Waals surface area (Å²) in [6.45, 7) is 6.02. The van der Waals surface area contributed by atoms with Crippen LogP contribution in [0.5, 0.6) is 0 Å². The van der Waals surface area contributed by atoms with Crippen LogP contribution >= 0.6 is 11.3 Å². The zero-order valence-corrected chi connectivity index (χ0v) is 16.7. The van der Waals surface area contributed by atoms with Crippen molar-refractivity contribution in [1.82, 2.24) is 25.0 Å². The second-order valence-corrected chi connectivity index (χ2v) is 9.22. The highest BCUT2D eigenvalue weighted by atomic mass is 32.1. The van der Waals surface area contributed by atoms with E-state index in [1.807, 2.05) is 5.51 Å². The molecular formula is C20H27N5OS. The molecule has 5 rings (SSSR count). The monoisotopic (exact) mass is 385 g/mol. The lowest BCUT2D eigenvalue weighted by Gasteiger charge is -2.27. The lowest BCUT2D eigenvalue weighted by molar-refractivity contribution is 0.0943. The number of nitrogens with one attached hydrogen (secondary N) is 1. The van der Waals surface area contributed by atoms with Crippen LogP contribution in [0.2, 0.25) is 0 Å². The Bertz CT molecular complexity index is 849. The van der Waals surface area contributed by atoms with Crippen LogP contribution in [-0.2, 0) is 25.9 Å². The molecular weight excluding hydrogens is 358 g/mol. The molecule has 0 atom stereocenters. The van der Waals surface area contributed by atoms with Crippen LogP contribution in [0.4, 0.5) is 0 Å². The van der Waals surface area contributed by atoms with Gasteiger partial charge in [0, 0.05) is 61.2 Å². The molecule has 2 aromatic heterocycles. The molecule has 7 heteroatoms. The molecule has 0 spiro atoms. The van der Waals surface area contributed by atoms with Crippen LogP contribution in [0.3, 0.4) is 0 Å². The van der Waals surface area contributed by atoms with Crippen molar-refractivity contribution in [1.29, 1.82) is 0 Å². The van der Waals surface area contributed by atoms with Crippen LogP contribution in [0, 0.1) is 12.8 Å². The first kappa shape index (κ1) is 17.4. The third-order valence-electron chi connectivity index (χ3n) is 5.95. The largest absolute Gasteiger partial charge is 0.348 e. The first-order valence-electron chi connectivity index (χ1n) is 10.2. The smallest absolute Gasteiger partial charge is 0.272 e. The Morgan fingerprint density at radius 1 is 1.33 bits per heavy atom. The van der Waals surface area contributed by atoms with E-state index in [2.05, 4.69) is 26.8 Å². The zero-order valence-electron chi connectivity index (χ0n) is 15.9. The van der Waals surface area contributed by atoms with E-state index in [4.69, 9.17) is 5.10 Å².